The Kier molecular flexibility index (Phi) is 3.51. The Morgan fingerprint density at radius 2 is 2.05 bits per heavy atom. The van der Waals surface area contributed by atoms with Crippen molar-refractivity contribution in [2.45, 2.75) is 19.4 Å². The molecule has 2 aliphatic heterocycles. The van der Waals surface area contributed by atoms with E-state index in [1.165, 1.54) is 22.4 Å². The predicted molar refractivity (Wildman–Crippen MR) is 90.7 cm³/mol. The van der Waals surface area contributed by atoms with E-state index in [-0.39, 0.29) is 0 Å². The molecule has 0 aliphatic carbocycles. The van der Waals surface area contributed by atoms with E-state index >= 15 is 0 Å². The Morgan fingerprint density at radius 1 is 1.14 bits per heavy atom. The molecular weight excluding hydrogens is 272 g/mol. The van der Waals surface area contributed by atoms with Crippen LogP contribution in [0.5, 0.6) is 5.75 Å². The first-order valence-electron chi connectivity index (χ1n) is 8.12. The Labute approximate surface area is 131 Å². The first-order valence-corrected chi connectivity index (χ1v) is 8.12. The molecule has 0 amide bonds. The number of nitrogens with zero attached hydrogens (tertiary/aromatic N) is 1. The molecule has 1 atom stereocenters. The van der Waals surface area contributed by atoms with Crippen molar-refractivity contribution < 1.29 is 4.74 Å². The second kappa shape index (κ2) is 5.65. The maximum Gasteiger partial charge on any atom is 0.142 e. The number of nitrogens with one attached hydrogen (secondary N) is 1. The van der Waals surface area contributed by atoms with Crippen molar-refractivity contribution >= 4 is 5.69 Å². The van der Waals surface area contributed by atoms with Gasteiger partial charge in [-0.3, -0.25) is 0 Å². The van der Waals surface area contributed by atoms with E-state index in [2.05, 4.69) is 59.6 Å². The lowest BCUT2D eigenvalue weighted by molar-refractivity contribution is 0.304. The number of piperazine rings is 1. The third-order valence-corrected chi connectivity index (χ3v) is 4.68. The summed E-state index contributed by atoms with van der Waals surface area (Å²) in [5.74, 6) is 1.03. The predicted octanol–water partition coefficient (Wildman–Crippen LogP) is 3.22. The van der Waals surface area contributed by atoms with E-state index in [0.29, 0.717) is 6.04 Å². The van der Waals surface area contributed by atoms with Gasteiger partial charge in [-0.15, -0.1) is 0 Å². The minimum absolute atomic E-state index is 0.544. The van der Waals surface area contributed by atoms with Gasteiger partial charge >= 0.3 is 0 Å². The lowest BCUT2D eigenvalue weighted by Gasteiger charge is -2.36. The van der Waals surface area contributed by atoms with Crippen LogP contribution in [-0.4, -0.2) is 32.3 Å². The lowest BCUT2D eigenvalue weighted by atomic mass is 10.0. The molecule has 2 aromatic carbocycles. The first kappa shape index (κ1) is 13.6. The Morgan fingerprint density at radius 3 is 2.95 bits per heavy atom. The summed E-state index contributed by atoms with van der Waals surface area (Å²) in [6.07, 6.45) is 1.08. The monoisotopic (exact) mass is 294 g/mol. The van der Waals surface area contributed by atoms with Crippen molar-refractivity contribution in [3.63, 3.8) is 0 Å². The summed E-state index contributed by atoms with van der Waals surface area (Å²) in [4.78, 5) is 2.53. The van der Waals surface area contributed by atoms with Crippen molar-refractivity contribution in [3.05, 3.63) is 48.0 Å². The number of fused-ring (bicyclic) bond motifs is 3. The summed E-state index contributed by atoms with van der Waals surface area (Å²) in [5, 5.41) is 3.50. The molecule has 3 nitrogen and oxygen atoms in total. The average Bonchev–Trinajstić information content (AvgIpc) is 2.74. The Bertz CT molecular complexity index is 683. The Hall–Kier alpha value is -2.00. The molecule has 2 aromatic rings. The van der Waals surface area contributed by atoms with E-state index in [1.807, 2.05) is 0 Å². The van der Waals surface area contributed by atoms with Crippen LogP contribution in [0.4, 0.5) is 5.69 Å². The molecule has 0 bridgehead atoms. The highest BCUT2D eigenvalue weighted by Gasteiger charge is 2.27. The van der Waals surface area contributed by atoms with Gasteiger partial charge in [-0.25, -0.2) is 0 Å². The van der Waals surface area contributed by atoms with Crippen LogP contribution < -0.4 is 15.0 Å². The van der Waals surface area contributed by atoms with Crippen LogP contribution in [0.3, 0.4) is 0 Å². The van der Waals surface area contributed by atoms with Crippen LogP contribution in [0.1, 0.15) is 12.0 Å². The lowest BCUT2D eigenvalue weighted by Crippen LogP contribution is -2.51. The van der Waals surface area contributed by atoms with E-state index in [1.54, 1.807) is 0 Å². The molecule has 22 heavy (non-hydrogen) atoms. The van der Waals surface area contributed by atoms with Gasteiger partial charge < -0.3 is 15.0 Å². The fraction of sp³-hybridized carbons (Fsp3) is 0.368. The topological polar surface area (TPSA) is 24.5 Å². The van der Waals surface area contributed by atoms with Crippen molar-refractivity contribution in [1.82, 2.24) is 5.32 Å². The SMILES string of the molecule is Cc1cccc(-c2ccc3c(c2)N2CCNC[C@@H]2CCO3)c1. The van der Waals surface area contributed by atoms with Gasteiger partial charge in [0, 0.05) is 32.1 Å². The van der Waals surface area contributed by atoms with Crippen LogP contribution in [0, 0.1) is 6.92 Å². The highest BCUT2D eigenvalue weighted by Crippen LogP contribution is 2.37. The summed E-state index contributed by atoms with van der Waals surface area (Å²) < 4.78 is 5.99. The fourth-order valence-electron chi connectivity index (χ4n) is 3.51. The molecule has 0 spiro atoms. The maximum absolute atomic E-state index is 5.99. The summed E-state index contributed by atoms with van der Waals surface area (Å²) in [6, 6.07) is 15.8. The number of ether oxygens (including phenoxy) is 1. The quantitative estimate of drug-likeness (QED) is 0.874. The number of aryl methyl sites for hydroxylation is 1. The zero-order valence-corrected chi connectivity index (χ0v) is 13.0. The molecule has 1 fully saturated rings. The van der Waals surface area contributed by atoms with E-state index < -0.39 is 0 Å². The molecule has 4 rings (SSSR count). The molecule has 3 heteroatoms. The van der Waals surface area contributed by atoms with Crippen molar-refractivity contribution in [1.29, 1.82) is 0 Å². The number of hydrogen-bond donors (Lipinski definition) is 1. The van der Waals surface area contributed by atoms with E-state index in [4.69, 9.17) is 4.74 Å². The maximum atomic E-state index is 5.99. The zero-order chi connectivity index (χ0) is 14.9. The van der Waals surface area contributed by atoms with Crippen LogP contribution in [-0.2, 0) is 0 Å². The van der Waals surface area contributed by atoms with Gasteiger partial charge in [-0.05, 0) is 30.2 Å². The fourth-order valence-corrected chi connectivity index (χ4v) is 3.51. The molecular formula is C19H22N2O. The normalized spacial score (nSPS) is 20.6. The minimum Gasteiger partial charge on any atom is -0.491 e. The molecule has 0 aromatic heterocycles. The Balaban J connectivity index is 1.77. The number of rotatable bonds is 1. The standard InChI is InChI=1S/C19H22N2O/c1-14-3-2-4-15(11-14)16-5-6-19-18(12-16)21-9-8-20-13-17(21)7-10-22-19/h2-6,11-12,17,20H,7-10,13H2,1H3/t17-/m0/s1. The van der Waals surface area contributed by atoms with Gasteiger partial charge in [0.2, 0.25) is 0 Å². The van der Waals surface area contributed by atoms with Gasteiger partial charge in [0.25, 0.3) is 0 Å². The molecule has 0 saturated carbocycles. The number of hydrogen-bond acceptors (Lipinski definition) is 3. The second-order valence-electron chi connectivity index (χ2n) is 6.24. The van der Waals surface area contributed by atoms with Gasteiger partial charge in [-0.1, -0.05) is 35.9 Å². The smallest absolute Gasteiger partial charge is 0.142 e. The van der Waals surface area contributed by atoms with Crippen LogP contribution in [0.2, 0.25) is 0 Å². The van der Waals surface area contributed by atoms with Crippen molar-refractivity contribution in [3.8, 4) is 16.9 Å². The number of benzene rings is 2. The van der Waals surface area contributed by atoms with E-state index in [9.17, 15) is 0 Å². The third-order valence-electron chi connectivity index (χ3n) is 4.68. The molecule has 2 heterocycles. The third kappa shape index (κ3) is 2.46. The van der Waals surface area contributed by atoms with Crippen molar-refractivity contribution in [2.75, 3.05) is 31.1 Å². The van der Waals surface area contributed by atoms with Gasteiger partial charge in [0.15, 0.2) is 0 Å². The molecule has 0 unspecified atom stereocenters. The van der Waals surface area contributed by atoms with Crippen LogP contribution in [0.25, 0.3) is 11.1 Å². The molecule has 1 saturated heterocycles. The summed E-state index contributed by atoms with van der Waals surface area (Å²) >= 11 is 0. The minimum atomic E-state index is 0.544. The molecule has 1 N–H and O–H groups in total. The highest BCUT2D eigenvalue weighted by molar-refractivity contribution is 5.73. The average molecular weight is 294 g/mol. The second-order valence-corrected chi connectivity index (χ2v) is 6.24. The highest BCUT2D eigenvalue weighted by atomic mass is 16.5. The summed E-state index contributed by atoms with van der Waals surface area (Å²) in [5.41, 5.74) is 5.09. The van der Waals surface area contributed by atoms with E-state index in [0.717, 1.165) is 38.4 Å². The zero-order valence-electron chi connectivity index (χ0n) is 13.0. The van der Waals surface area contributed by atoms with Crippen LogP contribution in [0.15, 0.2) is 42.5 Å². The number of anilines is 1. The summed E-state index contributed by atoms with van der Waals surface area (Å²) in [7, 11) is 0. The first-order chi connectivity index (χ1) is 10.8. The van der Waals surface area contributed by atoms with Crippen molar-refractivity contribution in [2.24, 2.45) is 0 Å². The molecule has 114 valence electrons. The van der Waals surface area contributed by atoms with Gasteiger partial charge in [0.1, 0.15) is 5.75 Å². The van der Waals surface area contributed by atoms with Gasteiger partial charge in [-0.2, -0.15) is 0 Å². The molecule has 0 radical (unpaired) electrons. The van der Waals surface area contributed by atoms with Crippen LogP contribution >= 0.6 is 0 Å². The van der Waals surface area contributed by atoms with Gasteiger partial charge in [0.05, 0.1) is 12.3 Å². The largest absolute Gasteiger partial charge is 0.491 e. The summed E-state index contributed by atoms with van der Waals surface area (Å²) in [6.45, 7) is 6.10. The molecule has 2 aliphatic rings.